The molecular formula is C8H9NO2S. The van der Waals surface area contributed by atoms with Gasteiger partial charge in [-0.1, -0.05) is 18.2 Å². The Morgan fingerprint density at radius 3 is 2.33 bits per heavy atom. The molecular weight excluding hydrogens is 174 g/mol. The summed E-state index contributed by atoms with van der Waals surface area (Å²) in [6, 6.07) is 8.20. The summed E-state index contributed by atoms with van der Waals surface area (Å²) in [5, 5.41) is 0. The number of rotatable bonds is 2. The van der Waals surface area contributed by atoms with Crippen molar-refractivity contribution in [1.82, 2.24) is 0 Å². The average Bonchev–Trinajstić information content (AvgIpc) is 2.06. The first-order valence-electron chi connectivity index (χ1n) is 3.39. The molecule has 1 rings (SSSR count). The van der Waals surface area contributed by atoms with Crippen LogP contribution in [0, 0.1) is 0 Å². The summed E-state index contributed by atoms with van der Waals surface area (Å²) in [7, 11) is -1.87. The van der Waals surface area contributed by atoms with E-state index in [-0.39, 0.29) is 4.90 Å². The van der Waals surface area contributed by atoms with E-state index in [4.69, 9.17) is 0 Å². The molecule has 0 aromatic heterocycles. The Bertz CT molecular complexity index is 367. The van der Waals surface area contributed by atoms with Crippen LogP contribution in [-0.4, -0.2) is 21.0 Å². The number of sulfone groups is 1. The van der Waals surface area contributed by atoms with Crippen LogP contribution in [0.25, 0.3) is 0 Å². The predicted octanol–water partition coefficient (Wildman–Crippen LogP) is 1.12. The van der Waals surface area contributed by atoms with Crippen molar-refractivity contribution in [3.63, 3.8) is 0 Å². The highest BCUT2D eigenvalue weighted by molar-refractivity contribution is 8.04. The van der Waals surface area contributed by atoms with Gasteiger partial charge in [-0.25, -0.2) is 8.42 Å². The minimum absolute atomic E-state index is 0.274. The zero-order valence-electron chi connectivity index (χ0n) is 6.64. The lowest BCUT2D eigenvalue weighted by molar-refractivity contribution is 0.608. The van der Waals surface area contributed by atoms with Gasteiger partial charge in [-0.05, 0) is 12.1 Å². The summed E-state index contributed by atoms with van der Waals surface area (Å²) in [6.07, 6.45) is 0. The van der Waals surface area contributed by atoms with Crippen LogP contribution in [0.2, 0.25) is 0 Å². The molecule has 0 heterocycles. The molecule has 0 saturated heterocycles. The highest BCUT2D eigenvalue weighted by Gasteiger charge is 2.08. The zero-order valence-corrected chi connectivity index (χ0v) is 7.45. The van der Waals surface area contributed by atoms with Crippen LogP contribution in [0.1, 0.15) is 0 Å². The topological polar surface area (TPSA) is 46.5 Å². The molecule has 0 radical (unpaired) electrons. The molecule has 0 bridgehead atoms. The van der Waals surface area contributed by atoms with Gasteiger partial charge in [0.25, 0.3) is 0 Å². The van der Waals surface area contributed by atoms with E-state index in [0.29, 0.717) is 0 Å². The van der Waals surface area contributed by atoms with Crippen LogP contribution in [0.15, 0.2) is 40.2 Å². The molecule has 1 aromatic rings. The fourth-order valence-electron chi connectivity index (χ4n) is 0.810. The summed E-state index contributed by atoms with van der Waals surface area (Å²) in [5.41, 5.74) is 0.947. The lowest BCUT2D eigenvalue weighted by atomic mass is 10.4. The van der Waals surface area contributed by atoms with Crippen molar-refractivity contribution in [2.24, 2.45) is 4.99 Å². The third kappa shape index (κ3) is 1.92. The van der Waals surface area contributed by atoms with Gasteiger partial charge in [-0.2, -0.15) is 0 Å². The number of hydrogen-bond donors (Lipinski definition) is 0. The molecule has 0 amide bonds. The summed E-state index contributed by atoms with van der Waals surface area (Å²) in [6.45, 7) is 0. The first-order valence-corrected chi connectivity index (χ1v) is 4.94. The average molecular weight is 183 g/mol. The van der Waals surface area contributed by atoms with Gasteiger partial charge >= 0.3 is 0 Å². The van der Waals surface area contributed by atoms with Crippen LogP contribution < -0.4 is 0 Å². The van der Waals surface area contributed by atoms with Crippen molar-refractivity contribution in [2.45, 2.75) is 4.90 Å². The maximum Gasteiger partial charge on any atom is 0.216 e. The standard InChI is InChI=1S/C8H9NO2S/c1-9-7-12(10,11)8-5-3-2-4-6-8/h2-7H,1H3. The van der Waals surface area contributed by atoms with Gasteiger partial charge in [0.1, 0.15) is 5.55 Å². The third-order valence-corrected chi connectivity index (χ3v) is 2.73. The van der Waals surface area contributed by atoms with Gasteiger partial charge in [0.2, 0.25) is 9.84 Å². The summed E-state index contributed by atoms with van der Waals surface area (Å²) in [5.74, 6) is 0. The molecule has 3 nitrogen and oxygen atoms in total. The molecule has 0 unspecified atom stereocenters. The summed E-state index contributed by atoms with van der Waals surface area (Å²) in [4.78, 5) is 3.74. The monoisotopic (exact) mass is 183 g/mol. The second-order valence-electron chi connectivity index (χ2n) is 2.22. The smallest absolute Gasteiger partial charge is 0.216 e. The van der Waals surface area contributed by atoms with Gasteiger partial charge in [0.05, 0.1) is 4.90 Å². The van der Waals surface area contributed by atoms with Crippen molar-refractivity contribution in [1.29, 1.82) is 0 Å². The Morgan fingerprint density at radius 1 is 1.25 bits per heavy atom. The van der Waals surface area contributed by atoms with Crippen LogP contribution >= 0.6 is 0 Å². The first kappa shape index (κ1) is 8.93. The van der Waals surface area contributed by atoms with E-state index in [1.54, 1.807) is 18.2 Å². The lowest BCUT2D eigenvalue weighted by Gasteiger charge is -1.95. The molecule has 1 aromatic carbocycles. The minimum atomic E-state index is -3.30. The number of aliphatic imine (C=N–C) groups is 1. The van der Waals surface area contributed by atoms with E-state index in [0.717, 1.165) is 5.55 Å². The van der Waals surface area contributed by atoms with Crippen molar-refractivity contribution >= 4 is 15.4 Å². The Morgan fingerprint density at radius 2 is 1.83 bits per heavy atom. The van der Waals surface area contributed by atoms with Crippen molar-refractivity contribution < 1.29 is 8.42 Å². The molecule has 64 valence electrons. The molecule has 0 spiro atoms. The molecule has 12 heavy (non-hydrogen) atoms. The Kier molecular flexibility index (Phi) is 2.60. The molecule has 0 saturated carbocycles. The highest BCUT2D eigenvalue weighted by atomic mass is 32.2. The number of hydrogen-bond acceptors (Lipinski definition) is 3. The van der Waals surface area contributed by atoms with Crippen molar-refractivity contribution in [3.05, 3.63) is 30.3 Å². The van der Waals surface area contributed by atoms with Crippen LogP contribution in [0.4, 0.5) is 0 Å². The molecule has 0 atom stereocenters. The number of benzene rings is 1. The SMILES string of the molecule is CN=CS(=O)(=O)c1ccccc1. The van der Waals surface area contributed by atoms with Gasteiger partial charge in [0.15, 0.2) is 0 Å². The fourth-order valence-corrected chi connectivity index (χ4v) is 1.75. The van der Waals surface area contributed by atoms with E-state index >= 15 is 0 Å². The number of nitrogens with zero attached hydrogens (tertiary/aromatic N) is 1. The third-order valence-electron chi connectivity index (χ3n) is 1.32. The van der Waals surface area contributed by atoms with Gasteiger partial charge in [0, 0.05) is 7.05 Å². The lowest BCUT2D eigenvalue weighted by Crippen LogP contribution is -2.00. The van der Waals surface area contributed by atoms with E-state index in [9.17, 15) is 8.42 Å². The highest BCUT2D eigenvalue weighted by Crippen LogP contribution is 2.06. The second-order valence-corrected chi connectivity index (χ2v) is 3.99. The Labute approximate surface area is 71.7 Å². The van der Waals surface area contributed by atoms with Crippen molar-refractivity contribution in [3.8, 4) is 0 Å². The quantitative estimate of drug-likeness (QED) is 0.509. The maximum absolute atomic E-state index is 11.3. The molecule has 4 heteroatoms. The molecule has 0 aliphatic rings. The van der Waals surface area contributed by atoms with Crippen LogP contribution in [0.3, 0.4) is 0 Å². The summed E-state index contributed by atoms with van der Waals surface area (Å²) < 4.78 is 22.6. The zero-order chi connectivity index (χ0) is 9.03. The predicted molar refractivity (Wildman–Crippen MR) is 48.0 cm³/mol. The van der Waals surface area contributed by atoms with Gasteiger partial charge in [-0.15, -0.1) is 0 Å². The molecule has 0 N–H and O–H groups in total. The summed E-state index contributed by atoms with van der Waals surface area (Å²) >= 11 is 0. The molecule has 0 aliphatic heterocycles. The normalized spacial score (nSPS) is 12.1. The fraction of sp³-hybridized carbons (Fsp3) is 0.125. The molecule has 0 aliphatic carbocycles. The maximum atomic E-state index is 11.3. The van der Waals surface area contributed by atoms with Crippen LogP contribution in [0.5, 0.6) is 0 Å². The van der Waals surface area contributed by atoms with Crippen LogP contribution in [-0.2, 0) is 9.84 Å². The second kappa shape index (κ2) is 3.49. The van der Waals surface area contributed by atoms with E-state index in [1.807, 2.05) is 0 Å². The van der Waals surface area contributed by atoms with E-state index in [2.05, 4.69) is 4.99 Å². The molecule has 0 fully saturated rings. The van der Waals surface area contributed by atoms with Gasteiger partial charge < -0.3 is 0 Å². The van der Waals surface area contributed by atoms with E-state index < -0.39 is 9.84 Å². The largest absolute Gasteiger partial charge is 0.284 e. The minimum Gasteiger partial charge on any atom is -0.284 e. The Hall–Kier alpha value is -1.16. The van der Waals surface area contributed by atoms with E-state index in [1.165, 1.54) is 19.2 Å². The first-order chi connectivity index (χ1) is 5.67. The van der Waals surface area contributed by atoms with Gasteiger partial charge in [-0.3, -0.25) is 4.99 Å². The Balaban J connectivity index is 3.16. The van der Waals surface area contributed by atoms with Crippen molar-refractivity contribution in [2.75, 3.05) is 7.05 Å².